The molecule has 4 heteroatoms. The Bertz CT molecular complexity index is 246. The summed E-state index contributed by atoms with van der Waals surface area (Å²) in [4.78, 5) is 12.2. The molecular formula is C9H13NO2S. The van der Waals surface area contributed by atoms with Crippen LogP contribution in [0, 0.1) is 0 Å². The van der Waals surface area contributed by atoms with Crippen LogP contribution in [0.1, 0.15) is 17.7 Å². The van der Waals surface area contributed by atoms with Crippen molar-refractivity contribution in [3.05, 3.63) is 22.4 Å². The zero-order chi connectivity index (χ0) is 9.52. The fourth-order valence-electron chi connectivity index (χ4n) is 0.927. The molecule has 0 saturated heterocycles. The lowest BCUT2D eigenvalue weighted by atomic mass is 10.3. The molecule has 0 saturated carbocycles. The Morgan fingerprint density at radius 1 is 1.62 bits per heavy atom. The van der Waals surface area contributed by atoms with E-state index in [0.29, 0.717) is 19.4 Å². The summed E-state index contributed by atoms with van der Waals surface area (Å²) in [5.74, 6) is 0.00227. The third-order valence-corrected chi connectivity index (χ3v) is 2.48. The average molecular weight is 199 g/mol. The van der Waals surface area contributed by atoms with Gasteiger partial charge in [-0.15, -0.1) is 11.3 Å². The lowest BCUT2D eigenvalue weighted by Crippen LogP contribution is -2.22. The quantitative estimate of drug-likeness (QED) is 0.747. The molecule has 0 spiro atoms. The van der Waals surface area contributed by atoms with Crippen molar-refractivity contribution in [2.24, 2.45) is 0 Å². The van der Waals surface area contributed by atoms with E-state index in [4.69, 9.17) is 5.11 Å². The number of amides is 1. The highest BCUT2D eigenvalue weighted by Gasteiger charge is 2.00. The van der Waals surface area contributed by atoms with E-state index in [1.807, 2.05) is 17.5 Å². The Labute approximate surface area is 81.4 Å². The van der Waals surface area contributed by atoms with Crippen molar-refractivity contribution < 1.29 is 9.90 Å². The fraction of sp³-hybridized carbons (Fsp3) is 0.444. The third-order valence-electron chi connectivity index (χ3n) is 1.60. The summed E-state index contributed by atoms with van der Waals surface area (Å²) in [5.41, 5.74) is 0. The molecule has 0 aliphatic rings. The predicted molar refractivity (Wildman–Crippen MR) is 52.5 cm³/mol. The van der Waals surface area contributed by atoms with Crippen LogP contribution in [0.3, 0.4) is 0 Å². The topological polar surface area (TPSA) is 49.3 Å². The van der Waals surface area contributed by atoms with E-state index < -0.39 is 0 Å². The molecule has 0 aliphatic heterocycles. The van der Waals surface area contributed by atoms with Gasteiger partial charge in [0.1, 0.15) is 0 Å². The molecule has 0 atom stereocenters. The number of carbonyl (C=O) groups excluding carboxylic acids is 1. The molecule has 0 aliphatic carbocycles. The maximum Gasteiger partial charge on any atom is 0.220 e. The molecule has 72 valence electrons. The first-order chi connectivity index (χ1) is 6.33. The van der Waals surface area contributed by atoms with E-state index in [1.54, 1.807) is 11.3 Å². The molecule has 13 heavy (non-hydrogen) atoms. The van der Waals surface area contributed by atoms with Crippen molar-refractivity contribution in [3.8, 4) is 0 Å². The Balaban J connectivity index is 2.15. The molecule has 0 bridgehead atoms. The number of hydrogen-bond acceptors (Lipinski definition) is 3. The SMILES string of the molecule is O=C(CCCO)NCc1cccs1. The number of aliphatic hydroxyl groups is 1. The first kappa shape index (κ1) is 10.2. The highest BCUT2D eigenvalue weighted by atomic mass is 32.1. The van der Waals surface area contributed by atoms with Crippen LogP contribution in [0.25, 0.3) is 0 Å². The minimum Gasteiger partial charge on any atom is -0.396 e. The highest BCUT2D eigenvalue weighted by Crippen LogP contribution is 2.07. The van der Waals surface area contributed by atoms with Crippen molar-refractivity contribution in [1.82, 2.24) is 5.32 Å². The number of carbonyl (C=O) groups is 1. The summed E-state index contributed by atoms with van der Waals surface area (Å²) < 4.78 is 0. The summed E-state index contributed by atoms with van der Waals surface area (Å²) in [6, 6.07) is 3.94. The van der Waals surface area contributed by atoms with Crippen molar-refractivity contribution in [3.63, 3.8) is 0 Å². The van der Waals surface area contributed by atoms with Gasteiger partial charge in [-0.2, -0.15) is 0 Å². The maximum atomic E-state index is 11.1. The number of aliphatic hydroxyl groups excluding tert-OH is 1. The van der Waals surface area contributed by atoms with E-state index in [0.717, 1.165) is 4.88 Å². The number of nitrogens with one attached hydrogen (secondary N) is 1. The van der Waals surface area contributed by atoms with Crippen molar-refractivity contribution >= 4 is 17.2 Å². The molecule has 0 fully saturated rings. The van der Waals surface area contributed by atoms with Crippen LogP contribution in [-0.4, -0.2) is 17.6 Å². The molecule has 3 nitrogen and oxygen atoms in total. The van der Waals surface area contributed by atoms with Gasteiger partial charge in [-0.1, -0.05) is 6.07 Å². The number of hydrogen-bond donors (Lipinski definition) is 2. The van der Waals surface area contributed by atoms with E-state index in [-0.39, 0.29) is 12.5 Å². The van der Waals surface area contributed by atoms with E-state index in [9.17, 15) is 4.79 Å². The highest BCUT2D eigenvalue weighted by molar-refractivity contribution is 7.09. The van der Waals surface area contributed by atoms with Gasteiger partial charge in [-0.05, 0) is 17.9 Å². The fourth-order valence-corrected chi connectivity index (χ4v) is 1.57. The van der Waals surface area contributed by atoms with Gasteiger partial charge < -0.3 is 10.4 Å². The first-order valence-electron chi connectivity index (χ1n) is 4.23. The monoisotopic (exact) mass is 199 g/mol. The summed E-state index contributed by atoms with van der Waals surface area (Å²) in [5, 5.41) is 13.3. The average Bonchev–Trinajstić information content (AvgIpc) is 2.64. The van der Waals surface area contributed by atoms with Gasteiger partial charge in [0.2, 0.25) is 5.91 Å². The lowest BCUT2D eigenvalue weighted by molar-refractivity contribution is -0.121. The lowest BCUT2D eigenvalue weighted by Gasteiger charge is -2.01. The van der Waals surface area contributed by atoms with Crippen LogP contribution < -0.4 is 5.32 Å². The normalized spacial score (nSPS) is 9.92. The molecule has 0 radical (unpaired) electrons. The van der Waals surface area contributed by atoms with Gasteiger partial charge >= 0.3 is 0 Å². The largest absolute Gasteiger partial charge is 0.396 e. The van der Waals surface area contributed by atoms with Gasteiger partial charge in [-0.3, -0.25) is 4.79 Å². The van der Waals surface area contributed by atoms with Gasteiger partial charge in [0.15, 0.2) is 0 Å². The van der Waals surface area contributed by atoms with E-state index in [2.05, 4.69) is 5.32 Å². The molecule has 0 aromatic carbocycles. The first-order valence-corrected chi connectivity index (χ1v) is 5.11. The molecule has 0 unspecified atom stereocenters. The van der Waals surface area contributed by atoms with Gasteiger partial charge in [0.05, 0.1) is 6.54 Å². The van der Waals surface area contributed by atoms with Gasteiger partial charge in [0, 0.05) is 17.9 Å². The molecular weight excluding hydrogens is 186 g/mol. The third kappa shape index (κ3) is 4.05. The van der Waals surface area contributed by atoms with Crippen LogP contribution >= 0.6 is 11.3 Å². The van der Waals surface area contributed by atoms with Crippen LogP contribution in [0.15, 0.2) is 17.5 Å². The zero-order valence-electron chi connectivity index (χ0n) is 7.32. The van der Waals surface area contributed by atoms with Crippen molar-refractivity contribution in [1.29, 1.82) is 0 Å². The molecule has 1 amide bonds. The van der Waals surface area contributed by atoms with Crippen LogP contribution in [0.4, 0.5) is 0 Å². The molecule has 1 aromatic heterocycles. The summed E-state index contributed by atoms with van der Waals surface area (Å²) in [7, 11) is 0. The minimum absolute atomic E-state index is 0.00227. The standard InChI is InChI=1S/C9H13NO2S/c11-5-1-4-9(12)10-7-8-3-2-6-13-8/h2-3,6,11H,1,4-5,7H2,(H,10,12). The number of rotatable bonds is 5. The summed E-state index contributed by atoms with van der Waals surface area (Å²) >= 11 is 1.62. The molecule has 2 N–H and O–H groups in total. The molecule has 1 heterocycles. The zero-order valence-corrected chi connectivity index (χ0v) is 8.14. The Hall–Kier alpha value is -0.870. The maximum absolute atomic E-state index is 11.1. The van der Waals surface area contributed by atoms with Crippen molar-refractivity contribution in [2.75, 3.05) is 6.61 Å². The second kappa shape index (κ2) is 5.72. The molecule has 1 aromatic rings. The van der Waals surface area contributed by atoms with Crippen LogP contribution in [-0.2, 0) is 11.3 Å². The van der Waals surface area contributed by atoms with Gasteiger partial charge in [-0.25, -0.2) is 0 Å². The van der Waals surface area contributed by atoms with E-state index >= 15 is 0 Å². The summed E-state index contributed by atoms with van der Waals surface area (Å²) in [6.07, 6.45) is 0.943. The van der Waals surface area contributed by atoms with E-state index in [1.165, 1.54) is 0 Å². The second-order valence-electron chi connectivity index (χ2n) is 2.68. The van der Waals surface area contributed by atoms with Crippen LogP contribution in [0.5, 0.6) is 0 Å². The second-order valence-corrected chi connectivity index (χ2v) is 3.72. The van der Waals surface area contributed by atoms with Gasteiger partial charge in [0.25, 0.3) is 0 Å². The molecule has 1 rings (SSSR count). The number of thiophene rings is 1. The Morgan fingerprint density at radius 2 is 2.46 bits per heavy atom. The Morgan fingerprint density at radius 3 is 3.08 bits per heavy atom. The minimum atomic E-state index is 0.00227. The van der Waals surface area contributed by atoms with Crippen molar-refractivity contribution in [2.45, 2.75) is 19.4 Å². The van der Waals surface area contributed by atoms with Crippen LogP contribution in [0.2, 0.25) is 0 Å². The smallest absolute Gasteiger partial charge is 0.220 e. The summed E-state index contributed by atoms with van der Waals surface area (Å²) in [6.45, 7) is 0.675. The predicted octanol–water partition coefficient (Wildman–Crippen LogP) is 1.14. The Kier molecular flexibility index (Phi) is 4.49.